The predicted molar refractivity (Wildman–Crippen MR) is 57.1 cm³/mol. The lowest BCUT2D eigenvalue weighted by atomic mass is 10.2. The number of thiophene rings is 1. The van der Waals surface area contributed by atoms with Crippen LogP contribution < -0.4 is 0 Å². The molecule has 1 heterocycles. The van der Waals surface area contributed by atoms with Crippen molar-refractivity contribution in [1.29, 1.82) is 0 Å². The molecule has 3 heteroatoms. The highest BCUT2D eigenvalue weighted by molar-refractivity contribution is 7.10. The summed E-state index contributed by atoms with van der Waals surface area (Å²) in [5.41, 5.74) is 0. The lowest BCUT2D eigenvalue weighted by Crippen LogP contribution is -2.27. The fourth-order valence-electron chi connectivity index (χ4n) is 1.30. The van der Waals surface area contributed by atoms with E-state index in [9.17, 15) is 5.11 Å². The van der Waals surface area contributed by atoms with Crippen molar-refractivity contribution in [3.05, 3.63) is 22.4 Å². The van der Waals surface area contributed by atoms with Crippen molar-refractivity contribution in [2.45, 2.75) is 20.0 Å². The number of aliphatic hydroxyl groups excluding tert-OH is 1. The maximum Gasteiger partial charge on any atom is 0.101 e. The SMILES string of the molecule is CCN(CC)CC(O)c1cccs1. The van der Waals surface area contributed by atoms with Gasteiger partial charge in [-0.2, -0.15) is 0 Å². The highest BCUT2D eigenvalue weighted by Crippen LogP contribution is 2.19. The Kier molecular flexibility index (Phi) is 4.42. The van der Waals surface area contributed by atoms with E-state index < -0.39 is 0 Å². The Morgan fingerprint density at radius 1 is 1.46 bits per heavy atom. The standard InChI is InChI=1S/C10H17NOS/c1-3-11(4-2)8-9(12)10-6-5-7-13-10/h5-7,9,12H,3-4,8H2,1-2H3. The third-order valence-corrected chi connectivity index (χ3v) is 3.17. The Bertz CT molecular complexity index is 219. The summed E-state index contributed by atoms with van der Waals surface area (Å²) in [7, 11) is 0. The minimum absolute atomic E-state index is 0.320. The first-order valence-electron chi connectivity index (χ1n) is 4.71. The molecule has 1 atom stereocenters. The second kappa shape index (κ2) is 5.37. The van der Waals surface area contributed by atoms with Crippen molar-refractivity contribution in [1.82, 2.24) is 4.90 Å². The number of rotatable bonds is 5. The van der Waals surface area contributed by atoms with E-state index in [1.807, 2.05) is 17.5 Å². The normalized spacial score (nSPS) is 13.5. The van der Waals surface area contributed by atoms with E-state index in [0.717, 1.165) is 24.5 Å². The van der Waals surface area contributed by atoms with E-state index in [4.69, 9.17) is 0 Å². The van der Waals surface area contributed by atoms with Crippen LogP contribution in [0.1, 0.15) is 24.8 Å². The van der Waals surface area contributed by atoms with E-state index in [-0.39, 0.29) is 6.10 Å². The molecule has 1 aromatic heterocycles. The van der Waals surface area contributed by atoms with Crippen LogP contribution in [0.15, 0.2) is 17.5 Å². The Labute approximate surface area is 83.8 Å². The molecule has 0 saturated carbocycles. The van der Waals surface area contributed by atoms with Crippen LogP contribution in [0.2, 0.25) is 0 Å². The largest absolute Gasteiger partial charge is 0.386 e. The van der Waals surface area contributed by atoms with Gasteiger partial charge in [-0.3, -0.25) is 0 Å². The molecule has 1 unspecified atom stereocenters. The number of hydrogen-bond acceptors (Lipinski definition) is 3. The van der Waals surface area contributed by atoms with Crippen molar-refractivity contribution in [3.63, 3.8) is 0 Å². The van der Waals surface area contributed by atoms with E-state index in [1.165, 1.54) is 0 Å². The summed E-state index contributed by atoms with van der Waals surface area (Å²) in [6.45, 7) is 6.97. The molecular weight excluding hydrogens is 182 g/mol. The second-order valence-electron chi connectivity index (χ2n) is 3.02. The first-order valence-corrected chi connectivity index (χ1v) is 5.59. The number of likely N-dealkylation sites (N-methyl/N-ethyl adjacent to an activating group) is 1. The Morgan fingerprint density at radius 2 is 2.15 bits per heavy atom. The van der Waals surface area contributed by atoms with Gasteiger partial charge < -0.3 is 10.0 Å². The molecule has 0 amide bonds. The van der Waals surface area contributed by atoms with Gasteiger partial charge in [-0.1, -0.05) is 19.9 Å². The molecule has 2 nitrogen and oxygen atoms in total. The van der Waals surface area contributed by atoms with Crippen molar-refractivity contribution >= 4 is 11.3 Å². The van der Waals surface area contributed by atoms with Crippen LogP contribution in [0.5, 0.6) is 0 Å². The first kappa shape index (κ1) is 10.7. The molecule has 0 aliphatic carbocycles. The smallest absolute Gasteiger partial charge is 0.101 e. The lowest BCUT2D eigenvalue weighted by molar-refractivity contribution is 0.122. The van der Waals surface area contributed by atoms with Gasteiger partial charge in [0.2, 0.25) is 0 Å². The Balaban J connectivity index is 2.45. The van der Waals surface area contributed by atoms with E-state index in [0.29, 0.717) is 0 Å². The zero-order chi connectivity index (χ0) is 9.68. The minimum atomic E-state index is -0.320. The number of aliphatic hydroxyl groups is 1. The van der Waals surface area contributed by atoms with E-state index >= 15 is 0 Å². The van der Waals surface area contributed by atoms with Gasteiger partial charge in [-0.25, -0.2) is 0 Å². The maximum atomic E-state index is 9.81. The predicted octanol–water partition coefficient (Wildman–Crippen LogP) is 2.12. The van der Waals surface area contributed by atoms with Crippen molar-refractivity contribution < 1.29 is 5.11 Å². The van der Waals surface area contributed by atoms with E-state index in [2.05, 4.69) is 18.7 Å². The van der Waals surface area contributed by atoms with Gasteiger partial charge in [0.1, 0.15) is 6.10 Å². The van der Waals surface area contributed by atoms with E-state index in [1.54, 1.807) is 11.3 Å². The number of nitrogens with zero attached hydrogens (tertiary/aromatic N) is 1. The lowest BCUT2D eigenvalue weighted by Gasteiger charge is -2.20. The van der Waals surface area contributed by atoms with Crippen LogP contribution in [-0.2, 0) is 0 Å². The van der Waals surface area contributed by atoms with Gasteiger partial charge in [0.05, 0.1) is 0 Å². The van der Waals surface area contributed by atoms with Crippen LogP contribution in [-0.4, -0.2) is 29.6 Å². The molecule has 0 bridgehead atoms. The summed E-state index contributed by atoms with van der Waals surface area (Å²) >= 11 is 1.62. The molecule has 74 valence electrons. The molecule has 0 fully saturated rings. The first-order chi connectivity index (χ1) is 6.27. The molecule has 13 heavy (non-hydrogen) atoms. The van der Waals surface area contributed by atoms with Crippen LogP contribution in [0.3, 0.4) is 0 Å². The van der Waals surface area contributed by atoms with Crippen LogP contribution in [0, 0.1) is 0 Å². The molecule has 0 saturated heterocycles. The summed E-state index contributed by atoms with van der Waals surface area (Å²) in [6, 6.07) is 3.96. The van der Waals surface area contributed by atoms with Crippen LogP contribution >= 0.6 is 11.3 Å². The zero-order valence-electron chi connectivity index (χ0n) is 8.23. The molecule has 1 N–H and O–H groups in total. The summed E-state index contributed by atoms with van der Waals surface area (Å²) in [5, 5.41) is 11.8. The number of hydrogen-bond donors (Lipinski definition) is 1. The summed E-state index contributed by atoms with van der Waals surface area (Å²) in [4.78, 5) is 3.29. The van der Waals surface area contributed by atoms with Crippen molar-refractivity contribution in [2.24, 2.45) is 0 Å². The molecule has 1 rings (SSSR count). The van der Waals surface area contributed by atoms with Crippen LogP contribution in [0.4, 0.5) is 0 Å². The fourth-order valence-corrected chi connectivity index (χ4v) is 2.00. The molecule has 1 aromatic rings. The minimum Gasteiger partial charge on any atom is -0.386 e. The topological polar surface area (TPSA) is 23.5 Å². The Hall–Kier alpha value is -0.380. The van der Waals surface area contributed by atoms with Gasteiger partial charge in [0, 0.05) is 11.4 Å². The molecule has 0 spiro atoms. The average molecular weight is 199 g/mol. The zero-order valence-corrected chi connectivity index (χ0v) is 9.05. The van der Waals surface area contributed by atoms with Gasteiger partial charge >= 0.3 is 0 Å². The molecule has 0 aliphatic heterocycles. The summed E-state index contributed by atoms with van der Waals surface area (Å²) in [5.74, 6) is 0. The fraction of sp³-hybridized carbons (Fsp3) is 0.600. The maximum absolute atomic E-state index is 9.81. The van der Waals surface area contributed by atoms with Gasteiger partial charge in [0.25, 0.3) is 0 Å². The summed E-state index contributed by atoms with van der Waals surface area (Å²) in [6.07, 6.45) is -0.320. The molecular formula is C10H17NOS. The highest BCUT2D eigenvalue weighted by atomic mass is 32.1. The van der Waals surface area contributed by atoms with Gasteiger partial charge in [-0.15, -0.1) is 11.3 Å². The second-order valence-corrected chi connectivity index (χ2v) is 4.00. The summed E-state index contributed by atoms with van der Waals surface area (Å²) < 4.78 is 0. The molecule has 0 aliphatic rings. The highest BCUT2D eigenvalue weighted by Gasteiger charge is 2.11. The molecule has 0 aromatic carbocycles. The van der Waals surface area contributed by atoms with Gasteiger partial charge in [-0.05, 0) is 24.5 Å². The van der Waals surface area contributed by atoms with Crippen LogP contribution in [0.25, 0.3) is 0 Å². The Morgan fingerprint density at radius 3 is 2.62 bits per heavy atom. The molecule has 0 radical (unpaired) electrons. The quantitative estimate of drug-likeness (QED) is 0.785. The average Bonchev–Trinajstić information content (AvgIpc) is 2.66. The van der Waals surface area contributed by atoms with Crippen molar-refractivity contribution in [3.8, 4) is 0 Å². The monoisotopic (exact) mass is 199 g/mol. The third kappa shape index (κ3) is 3.10. The van der Waals surface area contributed by atoms with Gasteiger partial charge in [0.15, 0.2) is 0 Å². The van der Waals surface area contributed by atoms with Crippen molar-refractivity contribution in [2.75, 3.05) is 19.6 Å². The third-order valence-electron chi connectivity index (χ3n) is 2.20.